The number of ether oxygens (including phenoxy) is 2. The van der Waals surface area contributed by atoms with Crippen LogP contribution >= 0.6 is 0 Å². The van der Waals surface area contributed by atoms with Crippen LogP contribution in [-0.2, 0) is 27.8 Å². The number of nitrogens with one attached hydrogen (secondary N) is 1. The quantitative estimate of drug-likeness (QED) is 0.639. The van der Waals surface area contributed by atoms with Gasteiger partial charge in [-0.3, -0.25) is 4.79 Å². The van der Waals surface area contributed by atoms with Crippen LogP contribution in [0, 0.1) is 0 Å². The van der Waals surface area contributed by atoms with Crippen LogP contribution in [0.25, 0.3) is 0 Å². The lowest BCUT2D eigenvalue weighted by molar-refractivity contribution is -0.121. The van der Waals surface area contributed by atoms with Gasteiger partial charge in [-0.1, -0.05) is 12.1 Å². The Hall–Kier alpha value is -2.58. The highest BCUT2D eigenvalue weighted by atomic mass is 32.2. The molecule has 2 aromatic rings. The summed E-state index contributed by atoms with van der Waals surface area (Å²) in [5, 5.41) is 2.87. The first-order chi connectivity index (χ1) is 13.8. The lowest BCUT2D eigenvalue weighted by Crippen LogP contribution is -2.23. The molecule has 8 heteroatoms. The van der Waals surface area contributed by atoms with Crippen molar-refractivity contribution in [1.29, 1.82) is 0 Å². The molecule has 0 aliphatic rings. The molecule has 0 atom stereocenters. The van der Waals surface area contributed by atoms with Gasteiger partial charge in [0.05, 0.1) is 18.6 Å². The van der Waals surface area contributed by atoms with Crippen molar-refractivity contribution < 1.29 is 22.7 Å². The van der Waals surface area contributed by atoms with Crippen LogP contribution in [0.1, 0.15) is 24.5 Å². The summed E-state index contributed by atoms with van der Waals surface area (Å²) in [6.07, 6.45) is 0.591. The predicted molar refractivity (Wildman–Crippen MR) is 112 cm³/mol. The lowest BCUT2D eigenvalue weighted by Gasteiger charge is -2.14. The van der Waals surface area contributed by atoms with E-state index >= 15 is 0 Å². The topological polar surface area (TPSA) is 84.9 Å². The van der Waals surface area contributed by atoms with Gasteiger partial charge in [0, 0.05) is 27.1 Å². The van der Waals surface area contributed by atoms with E-state index in [4.69, 9.17) is 9.47 Å². The largest absolute Gasteiger partial charge is 0.496 e. The minimum absolute atomic E-state index is 0.123. The van der Waals surface area contributed by atoms with E-state index in [1.165, 1.54) is 27.3 Å². The number of nitrogens with zero attached hydrogens (tertiary/aromatic N) is 1. The number of methoxy groups -OCH3 is 1. The predicted octanol–water partition coefficient (Wildman–Crippen LogP) is 2.59. The molecule has 0 heterocycles. The van der Waals surface area contributed by atoms with Crippen LogP contribution in [0.5, 0.6) is 11.5 Å². The average Bonchev–Trinajstić information content (AvgIpc) is 2.71. The first kappa shape index (κ1) is 22.7. The molecule has 0 saturated heterocycles. The van der Waals surface area contributed by atoms with Crippen molar-refractivity contribution in [1.82, 2.24) is 9.62 Å². The molecule has 0 unspecified atom stereocenters. The number of hydrogen-bond donors (Lipinski definition) is 1. The summed E-state index contributed by atoms with van der Waals surface area (Å²) >= 11 is 0. The summed E-state index contributed by atoms with van der Waals surface area (Å²) in [4.78, 5) is 12.4. The molecule has 0 saturated carbocycles. The van der Waals surface area contributed by atoms with E-state index in [2.05, 4.69) is 5.32 Å². The molecule has 158 valence electrons. The molecule has 0 aliphatic carbocycles. The maximum atomic E-state index is 12.3. The maximum absolute atomic E-state index is 12.3. The van der Waals surface area contributed by atoms with Crippen molar-refractivity contribution in [2.24, 2.45) is 0 Å². The Bertz CT molecular complexity index is 925. The van der Waals surface area contributed by atoms with Crippen LogP contribution in [-0.4, -0.2) is 46.4 Å². The Labute approximate surface area is 172 Å². The second-order valence-electron chi connectivity index (χ2n) is 6.61. The third kappa shape index (κ3) is 6.20. The molecule has 1 N–H and O–H groups in total. The van der Waals surface area contributed by atoms with Gasteiger partial charge in [-0.2, -0.15) is 0 Å². The summed E-state index contributed by atoms with van der Waals surface area (Å²) in [6.45, 7) is 2.95. The Kier molecular flexibility index (Phi) is 8.04. The van der Waals surface area contributed by atoms with Gasteiger partial charge in [-0.25, -0.2) is 12.7 Å². The first-order valence-electron chi connectivity index (χ1n) is 9.35. The second-order valence-corrected chi connectivity index (χ2v) is 8.77. The summed E-state index contributed by atoms with van der Waals surface area (Å²) in [7, 11) is 0.928. The van der Waals surface area contributed by atoms with Crippen LogP contribution in [0.4, 0.5) is 0 Å². The molecule has 7 nitrogen and oxygen atoms in total. The molecule has 2 aromatic carbocycles. The van der Waals surface area contributed by atoms with Gasteiger partial charge in [0.1, 0.15) is 11.5 Å². The number of amides is 1. The molecule has 0 radical (unpaired) electrons. The average molecular weight is 421 g/mol. The van der Waals surface area contributed by atoms with Crippen molar-refractivity contribution in [2.45, 2.75) is 31.2 Å². The number of carbonyl (C=O) groups excluding carboxylic acids is 1. The highest BCUT2D eigenvalue weighted by Crippen LogP contribution is 2.25. The van der Waals surface area contributed by atoms with Gasteiger partial charge < -0.3 is 14.8 Å². The highest BCUT2D eigenvalue weighted by Gasteiger charge is 2.19. The summed E-state index contributed by atoms with van der Waals surface area (Å²) in [5.41, 5.74) is 1.64. The number of sulfonamides is 1. The normalized spacial score (nSPS) is 11.3. The molecule has 0 bridgehead atoms. The number of benzene rings is 2. The van der Waals surface area contributed by atoms with Crippen molar-refractivity contribution in [3.8, 4) is 11.5 Å². The fourth-order valence-electron chi connectivity index (χ4n) is 2.73. The smallest absolute Gasteiger partial charge is 0.242 e. The van der Waals surface area contributed by atoms with Gasteiger partial charge in [-0.15, -0.1) is 0 Å². The van der Waals surface area contributed by atoms with Crippen molar-refractivity contribution in [3.05, 3.63) is 53.6 Å². The Morgan fingerprint density at radius 1 is 1.10 bits per heavy atom. The van der Waals surface area contributed by atoms with E-state index in [-0.39, 0.29) is 17.2 Å². The van der Waals surface area contributed by atoms with E-state index in [1.807, 2.05) is 31.2 Å². The molecule has 1 amide bonds. The highest BCUT2D eigenvalue weighted by molar-refractivity contribution is 7.89. The van der Waals surface area contributed by atoms with Crippen LogP contribution in [0.3, 0.4) is 0 Å². The van der Waals surface area contributed by atoms with E-state index in [0.29, 0.717) is 30.9 Å². The zero-order chi connectivity index (χ0) is 21.4. The molecule has 0 aromatic heterocycles. The fraction of sp³-hybridized carbons (Fsp3) is 0.381. The van der Waals surface area contributed by atoms with Crippen molar-refractivity contribution in [2.75, 3.05) is 27.8 Å². The van der Waals surface area contributed by atoms with Crippen LogP contribution in [0.15, 0.2) is 47.4 Å². The summed E-state index contributed by atoms with van der Waals surface area (Å²) in [5.74, 6) is 1.23. The molecular weight excluding hydrogens is 392 g/mol. The molecule has 0 aliphatic heterocycles. The molecule has 0 spiro atoms. The minimum Gasteiger partial charge on any atom is -0.496 e. The van der Waals surface area contributed by atoms with Gasteiger partial charge in [-0.05, 0) is 54.8 Å². The molecule has 29 heavy (non-hydrogen) atoms. The Morgan fingerprint density at radius 3 is 2.38 bits per heavy atom. The van der Waals surface area contributed by atoms with E-state index < -0.39 is 10.0 Å². The molecular formula is C21H28N2O5S. The minimum atomic E-state index is -3.55. The van der Waals surface area contributed by atoms with E-state index in [1.54, 1.807) is 12.1 Å². The number of carbonyl (C=O) groups is 1. The van der Waals surface area contributed by atoms with Gasteiger partial charge in [0.15, 0.2) is 0 Å². The Balaban J connectivity index is 1.98. The third-order valence-electron chi connectivity index (χ3n) is 4.38. The maximum Gasteiger partial charge on any atom is 0.242 e. The van der Waals surface area contributed by atoms with E-state index in [9.17, 15) is 13.2 Å². The van der Waals surface area contributed by atoms with Crippen LogP contribution < -0.4 is 14.8 Å². The molecule has 0 fully saturated rings. The van der Waals surface area contributed by atoms with Gasteiger partial charge >= 0.3 is 0 Å². The fourth-order valence-corrected chi connectivity index (χ4v) is 3.68. The summed E-state index contributed by atoms with van der Waals surface area (Å²) in [6, 6.07) is 12.2. The Morgan fingerprint density at radius 2 is 1.79 bits per heavy atom. The van der Waals surface area contributed by atoms with Gasteiger partial charge in [0.25, 0.3) is 0 Å². The standard InChI is InChI=1S/C21H28N2O5S/c1-5-28-18-9-6-16(7-10-18)15-22-21(24)13-8-17-14-19(11-12-20(17)27-4)29(25,26)23(2)3/h6-7,9-12,14H,5,8,13,15H2,1-4H3,(H,22,24). The van der Waals surface area contributed by atoms with E-state index in [0.717, 1.165) is 15.6 Å². The first-order valence-corrected chi connectivity index (χ1v) is 10.8. The molecule has 2 rings (SSSR count). The number of aryl methyl sites for hydroxylation is 1. The second kappa shape index (κ2) is 10.3. The van der Waals surface area contributed by atoms with Crippen LogP contribution in [0.2, 0.25) is 0 Å². The number of rotatable bonds is 10. The number of hydrogen-bond acceptors (Lipinski definition) is 5. The lowest BCUT2D eigenvalue weighted by atomic mass is 10.1. The third-order valence-corrected chi connectivity index (χ3v) is 6.19. The monoisotopic (exact) mass is 420 g/mol. The SMILES string of the molecule is CCOc1ccc(CNC(=O)CCc2cc(S(=O)(=O)N(C)C)ccc2OC)cc1. The summed E-state index contributed by atoms with van der Waals surface area (Å²) < 4.78 is 36.6. The van der Waals surface area contributed by atoms with Gasteiger partial charge in [0.2, 0.25) is 15.9 Å². The van der Waals surface area contributed by atoms with Crippen molar-refractivity contribution in [3.63, 3.8) is 0 Å². The van der Waals surface area contributed by atoms with Crippen molar-refractivity contribution >= 4 is 15.9 Å². The zero-order valence-corrected chi connectivity index (χ0v) is 18.1. The zero-order valence-electron chi connectivity index (χ0n) is 17.3.